The zero-order valence-corrected chi connectivity index (χ0v) is 7.15. The van der Waals surface area contributed by atoms with E-state index >= 15 is 0 Å². The van der Waals surface area contributed by atoms with E-state index in [0.717, 1.165) is 6.26 Å². The molecule has 5 heteroatoms. The summed E-state index contributed by atoms with van der Waals surface area (Å²) in [5, 5.41) is 8.41. The van der Waals surface area contributed by atoms with Crippen molar-refractivity contribution in [1.82, 2.24) is 0 Å². The lowest BCUT2D eigenvalue weighted by Gasteiger charge is -1.71. The first-order valence-corrected chi connectivity index (χ1v) is 5.35. The highest BCUT2D eigenvalue weighted by atomic mass is 32.2. The zero-order chi connectivity index (χ0) is 8.04. The van der Waals surface area contributed by atoms with E-state index < -0.39 is 10.0 Å². The van der Waals surface area contributed by atoms with Crippen LogP contribution in [-0.4, -0.2) is 14.7 Å². The number of nitrogens with two attached hydrogens (primary N) is 1. The lowest BCUT2D eigenvalue weighted by molar-refractivity contribution is 0.603. The third-order valence-electron chi connectivity index (χ3n) is 0.425. The Bertz CT molecular complexity index is 213. The molecule has 0 bridgehead atoms. The molecule has 1 aromatic rings. The molecule has 2 N–H and O–H groups in total. The van der Waals surface area contributed by atoms with Crippen LogP contribution in [0.5, 0.6) is 0 Å². The molecular weight excluding hydrogens is 170 g/mol. The quantitative estimate of drug-likeness (QED) is 0.635. The van der Waals surface area contributed by atoms with Crippen LogP contribution in [0.4, 0.5) is 0 Å². The Kier molecular flexibility index (Phi) is 4.26. The van der Waals surface area contributed by atoms with Crippen molar-refractivity contribution < 1.29 is 8.42 Å². The van der Waals surface area contributed by atoms with Crippen LogP contribution in [0.3, 0.4) is 0 Å². The fourth-order valence-corrected chi connectivity index (χ4v) is 0.680. The van der Waals surface area contributed by atoms with Crippen molar-refractivity contribution in [1.29, 1.82) is 0 Å². The number of sulfonamides is 1. The fourth-order valence-electron chi connectivity index (χ4n) is 0.227. The summed E-state index contributed by atoms with van der Waals surface area (Å²) in [6, 6.07) is 4.04. The molecule has 1 aromatic heterocycles. The third kappa shape index (κ3) is 15.6. The normalized spacial score (nSPS) is 9.80. The largest absolute Gasteiger partial charge is 0.229 e. The number of hydrogen-bond donors (Lipinski definition) is 1. The molecule has 0 spiro atoms. The molecule has 0 saturated heterocycles. The summed E-state index contributed by atoms with van der Waals surface area (Å²) < 4.78 is 18.8. The van der Waals surface area contributed by atoms with E-state index in [9.17, 15) is 8.42 Å². The number of primary sulfonamides is 1. The Morgan fingerprint density at radius 3 is 1.70 bits per heavy atom. The SMILES string of the molecule is CS(N)(=O)=O.c1ccsc1. The van der Waals surface area contributed by atoms with E-state index in [-0.39, 0.29) is 0 Å². The van der Waals surface area contributed by atoms with Crippen LogP contribution in [0.25, 0.3) is 0 Å². The highest BCUT2D eigenvalue weighted by Crippen LogP contribution is 1.91. The molecule has 3 nitrogen and oxygen atoms in total. The summed E-state index contributed by atoms with van der Waals surface area (Å²) in [7, 11) is -3.17. The molecule has 0 saturated carbocycles. The van der Waals surface area contributed by atoms with E-state index in [1.165, 1.54) is 0 Å². The molecule has 0 amide bonds. The summed E-state index contributed by atoms with van der Waals surface area (Å²) in [4.78, 5) is 0. The number of rotatable bonds is 0. The third-order valence-corrected chi connectivity index (χ3v) is 1.05. The van der Waals surface area contributed by atoms with Gasteiger partial charge in [-0.2, -0.15) is 11.3 Å². The predicted molar refractivity (Wildman–Crippen MR) is 43.4 cm³/mol. The first kappa shape index (κ1) is 9.61. The van der Waals surface area contributed by atoms with Gasteiger partial charge in [-0.05, 0) is 10.8 Å². The van der Waals surface area contributed by atoms with Gasteiger partial charge in [0, 0.05) is 0 Å². The minimum atomic E-state index is -3.17. The van der Waals surface area contributed by atoms with Gasteiger partial charge in [0.1, 0.15) is 0 Å². The van der Waals surface area contributed by atoms with E-state index in [0.29, 0.717) is 0 Å². The van der Waals surface area contributed by atoms with Gasteiger partial charge in [-0.3, -0.25) is 0 Å². The number of hydrogen-bond acceptors (Lipinski definition) is 3. The molecule has 0 aliphatic rings. The molecular formula is C5H9NO2S2. The first-order chi connectivity index (χ1) is 4.50. The maximum atomic E-state index is 9.41. The second kappa shape index (κ2) is 4.43. The molecule has 1 heterocycles. The average Bonchev–Trinajstić information content (AvgIpc) is 2.07. The monoisotopic (exact) mass is 179 g/mol. The molecule has 0 radical (unpaired) electrons. The van der Waals surface area contributed by atoms with Gasteiger partial charge in [0.15, 0.2) is 0 Å². The Morgan fingerprint density at radius 2 is 1.60 bits per heavy atom. The predicted octanol–water partition coefficient (Wildman–Crippen LogP) is 0.653. The van der Waals surface area contributed by atoms with Crippen molar-refractivity contribution in [3.63, 3.8) is 0 Å². The second-order valence-corrected chi connectivity index (χ2v) is 4.10. The maximum Gasteiger partial charge on any atom is 0.206 e. The Labute approximate surface area is 64.5 Å². The molecule has 0 unspecified atom stereocenters. The fraction of sp³-hybridized carbons (Fsp3) is 0.200. The first-order valence-electron chi connectivity index (χ1n) is 2.45. The lowest BCUT2D eigenvalue weighted by Crippen LogP contribution is -2.07. The molecule has 0 fully saturated rings. The van der Waals surface area contributed by atoms with Gasteiger partial charge in [-0.25, -0.2) is 13.6 Å². The van der Waals surface area contributed by atoms with Crippen molar-refractivity contribution in [3.8, 4) is 0 Å². The molecule has 0 aliphatic carbocycles. The molecule has 10 heavy (non-hydrogen) atoms. The van der Waals surface area contributed by atoms with Crippen LogP contribution in [0.15, 0.2) is 22.9 Å². The van der Waals surface area contributed by atoms with Crippen LogP contribution in [0.1, 0.15) is 0 Å². The maximum absolute atomic E-state index is 9.41. The van der Waals surface area contributed by atoms with Gasteiger partial charge in [-0.15, -0.1) is 0 Å². The zero-order valence-electron chi connectivity index (χ0n) is 5.52. The minimum Gasteiger partial charge on any atom is -0.229 e. The lowest BCUT2D eigenvalue weighted by atomic mass is 10.7. The van der Waals surface area contributed by atoms with Gasteiger partial charge in [-0.1, -0.05) is 12.1 Å². The second-order valence-electron chi connectivity index (χ2n) is 1.62. The molecule has 0 atom stereocenters. The molecule has 0 aliphatic heterocycles. The van der Waals surface area contributed by atoms with Crippen molar-refractivity contribution >= 4 is 21.4 Å². The summed E-state index contributed by atoms with van der Waals surface area (Å²) in [5.41, 5.74) is 0. The molecule has 1 rings (SSSR count). The van der Waals surface area contributed by atoms with Crippen LogP contribution in [-0.2, 0) is 10.0 Å². The van der Waals surface area contributed by atoms with Gasteiger partial charge in [0.25, 0.3) is 0 Å². The highest BCUT2D eigenvalue weighted by molar-refractivity contribution is 7.88. The van der Waals surface area contributed by atoms with Crippen LogP contribution < -0.4 is 5.14 Å². The average molecular weight is 179 g/mol. The topological polar surface area (TPSA) is 60.2 Å². The van der Waals surface area contributed by atoms with Gasteiger partial charge in [0.05, 0.1) is 6.26 Å². The van der Waals surface area contributed by atoms with E-state index in [1.807, 2.05) is 22.9 Å². The van der Waals surface area contributed by atoms with Crippen LogP contribution in [0, 0.1) is 0 Å². The van der Waals surface area contributed by atoms with Gasteiger partial charge in [0.2, 0.25) is 10.0 Å². The summed E-state index contributed by atoms with van der Waals surface area (Å²) in [6.07, 6.45) is 0.938. The summed E-state index contributed by atoms with van der Waals surface area (Å²) in [5.74, 6) is 0. The molecule has 58 valence electrons. The van der Waals surface area contributed by atoms with Crippen LogP contribution >= 0.6 is 11.3 Å². The smallest absolute Gasteiger partial charge is 0.206 e. The van der Waals surface area contributed by atoms with Crippen LogP contribution in [0.2, 0.25) is 0 Å². The summed E-state index contributed by atoms with van der Waals surface area (Å²) in [6.45, 7) is 0. The van der Waals surface area contributed by atoms with Crippen molar-refractivity contribution in [2.24, 2.45) is 5.14 Å². The van der Waals surface area contributed by atoms with Gasteiger partial charge < -0.3 is 0 Å². The highest BCUT2D eigenvalue weighted by Gasteiger charge is 1.78. The van der Waals surface area contributed by atoms with Gasteiger partial charge >= 0.3 is 0 Å². The Hall–Kier alpha value is -0.390. The number of thiophene rings is 1. The van der Waals surface area contributed by atoms with E-state index in [2.05, 4.69) is 5.14 Å². The van der Waals surface area contributed by atoms with E-state index in [1.54, 1.807) is 11.3 Å². The Morgan fingerprint density at radius 1 is 1.30 bits per heavy atom. The minimum absolute atomic E-state index is 0.938. The standard InChI is InChI=1S/C4H4S.CH5NO2S/c1-2-4-5-3-1;1-5(2,3)4/h1-4H;1H3,(H2,2,3,4). The van der Waals surface area contributed by atoms with Crippen molar-refractivity contribution in [2.45, 2.75) is 0 Å². The van der Waals surface area contributed by atoms with E-state index in [4.69, 9.17) is 0 Å². The Balaban J connectivity index is 0.000000162. The molecule has 0 aromatic carbocycles. The van der Waals surface area contributed by atoms with Crippen molar-refractivity contribution in [3.05, 3.63) is 22.9 Å². The summed E-state index contributed by atoms with van der Waals surface area (Å²) >= 11 is 1.71. The van der Waals surface area contributed by atoms with Crippen molar-refractivity contribution in [2.75, 3.05) is 6.26 Å².